The van der Waals surface area contributed by atoms with Crippen molar-refractivity contribution in [3.05, 3.63) is 0 Å². The highest BCUT2D eigenvalue weighted by Crippen LogP contribution is 2.37. The lowest BCUT2D eigenvalue weighted by Gasteiger charge is -2.33. The third-order valence-electron chi connectivity index (χ3n) is 3.03. The minimum atomic E-state index is -0.378. The first-order valence-corrected chi connectivity index (χ1v) is 7.85. The number of hydrogen-bond acceptors (Lipinski definition) is 3. The molecule has 0 atom stereocenters. The molecule has 3 heteroatoms. The summed E-state index contributed by atoms with van der Waals surface area (Å²) in [6, 6.07) is 0. The maximum absolute atomic E-state index is 11.8. The Balaban J connectivity index is 2.34. The van der Waals surface area contributed by atoms with Crippen LogP contribution in [0.2, 0.25) is 0 Å². The van der Waals surface area contributed by atoms with Crippen molar-refractivity contribution in [1.29, 1.82) is 0 Å². The molecule has 1 aliphatic carbocycles. The summed E-state index contributed by atoms with van der Waals surface area (Å²) in [5, 5.41) is 0.731. The SMILES string of the molecule is CC(C)(C)SC1CCC(OC(=O)C(C)(C)C)CC1. The normalized spacial score (nSPS) is 25.9. The third kappa shape index (κ3) is 5.64. The van der Waals surface area contributed by atoms with Crippen LogP contribution in [0.3, 0.4) is 0 Å². The first-order valence-electron chi connectivity index (χ1n) is 6.97. The fourth-order valence-corrected chi connectivity index (χ4v) is 3.60. The number of esters is 1. The second-order valence-electron chi connectivity index (χ2n) is 7.28. The highest BCUT2D eigenvalue weighted by Gasteiger charge is 2.30. The van der Waals surface area contributed by atoms with Gasteiger partial charge in [-0.2, -0.15) is 11.8 Å². The van der Waals surface area contributed by atoms with E-state index in [1.807, 2.05) is 20.8 Å². The summed E-state index contributed by atoms with van der Waals surface area (Å²) in [6.07, 6.45) is 4.53. The monoisotopic (exact) mass is 272 g/mol. The minimum Gasteiger partial charge on any atom is -0.462 e. The van der Waals surface area contributed by atoms with Crippen LogP contribution >= 0.6 is 11.8 Å². The Hall–Kier alpha value is -0.180. The Morgan fingerprint density at radius 1 is 1.00 bits per heavy atom. The lowest BCUT2D eigenvalue weighted by atomic mass is 9.95. The quantitative estimate of drug-likeness (QED) is 0.696. The largest absolute Gasteiger partial charge is 0.462 e. The first-order chi connectivity index (χ1) is 8.08. The molecule has 0 unspecified atom stereocenters. The molecule has 0 heterocycles. The maximum Gasteiger partial charge on any atom is 0.311 e. The van der Waals surface area contributed by atoms with Crippen molar-refractivity contribution in [2.45, 2.75) is 83.3 Å². The topological polar surface area (TPSA) is 26.3 Å². The molecule has 1 aliphatic rings. The predicted octanol–water partition coefficient (Wildman–Crippen LogP) is 4.42. The van der Waals surface area contributed by atoms with E-state index in [4.69, 9.17) is 4.74 Å². The van der Waals surface area contributed by atoms with Crippen LogP contribution in [0.25, 0.3) is 0 Å². The molecule has 2 nitrogen and oxygen atoms in total. The molecular formula is C15H28O2S. The molecule has 1 saturated carbocycles. The van der Waals surface area contributed by atoms with E-state index in [9.17, 15) is 4.79 Å². The number of rotatable bonds is 2. The van der Waals surface area contributed by atoms with Crippen molar-refractivity contribution in [2.75, 3.05) is 0 Å². The number of carbonyl (C=O) groups is 1. The number of carbonyl (C=O) groups excluding carboxylic acids is 1. The molecule has 0 radical (unpaired) electrons. The van der Waals surface area contributed by atoms with Crippen molar-refractivity contribution < 1.29 is 9.53 Å². The molecule has 0 aliphatic heterocycles. The Morgan fingerprint density at radius 2 is 1.50 bits per heavy atom. The van der Waals surface area contributed by atoms with E-state index < -0.39 is 0 Å². The van der Waals surface area contributed by atoms with Gasteiger partial charge in [-0.15, -0.1) is 0 Å². The summed E-state index contributed by atoms with van der Waals surface area (Å²) in [4.78, 5) is 11.8. The number of ether oxygens (including phenoxy) is 1. The summed E-state index contributed by atoms with van der Waals surface area (Å²) < 4.78 is 5.92. The Morgan fingerprint density at radius 3 is 1.89 bits per heavy atom. The van der Waals surface area contributed by atoms with Gasteiger partial charge in [-0.3, -0.25) is 4.79 Å². The Bertz CT molecular complexity index is 278. The molecule has 0 bridgehead atoms. The van der Waals surface area contributed by atoms with E-state index >= 15 is 0 Å². The standard InChI is InChI=1S/C15H28O2S/c1-14(2,3)13(16)17-11-7-9-12(10-8-11)18-15(4,5)6/h11-12H,7-10H2,1-6H3. The fraction of sp³-hybridized carbons (Fsp3) is 0.933. The summed E-state index contributed by atoms with van der Waals surface area (Å²) in [6.45, 7) is 12.5. The van der Waals surface area contributed by atoms with E-state index in [1.54, 1.807) is 0 Å². The zero-order valence-electron chi connectivity index (χ0n) is 12.7. The molecule has 1 fully saturated rings. The first kappa shape index (κ1) is 15.9. The minimum absolute atomic E-state index is 0.0607. The van der Waals surface area contributed by atoms with Gasteiger partial charge >= 0.3 is 5.97 Å². The molecule has 0 saturated heterocycles. The summed E-state index contributed by atoms with van der Waals surface area (Å²) in [5.74, 6) is -0.0607. The Labute approximate surface area is 116 Å². The zero-order valence-corrected chi connectivity index (χ0v) is 13.5. The van der Waals surface area contributed by atoms with Gasteiger partial charge < -0.3 is 4.74 Å². The molecule has 0 N–H and O–H groups in total. The van der Waals surface area contributed by atoms with E-state index in [0.717, 1.165) is 18.1 Å². The number of thioether (sulfide) groups is 1. The lowest BCUT2D eigenvalue weighted by Crippen LogP contribution is -2.32. The van der Waals surface area contributed by atoms with Crippen molar-refractivity contribution in [3.8, 4) is 0 Å². The summed E-state index contributed by atoms with van der Waals surface area (Å²) in [7, 11) is 0. The van der Waals surface area contributed by atoms with Gasteiger partial charge in [0.05, 0.1) is 5.41 Å². The molecule has 0 spiro atoms. The highest BCUT2D eigenvalue weighted by molar-refractivity contribution is 8.01. The van der Waals surface area contributed by atoms with Gasteiger partial charge in [-0.1, -0.05) is 20.8 Å². The maximum atomic E-state index is 11.8. The van der Waals surface area contributed by atoms with Gasteiger partial charge in [0.2, 0.25) is 0 Å². The van der Waals surface area contributed by atoms with Crippen LogP contribution in [-0.4, -0.2) is 22.1 Å². The van der Waals surface area contributed by atoms with Crippen LogP contribution in [0.15, 0.2) is 0 Å². The average Bonchev–Trinajstić information content (AvgIpc) is 2.17. The van der Waals surface area contributed by atoms with Crippen molar-refractivity contribution in [1.82, 2.24) is 0 Å². The summed E-state index contributed by atoms with van der Waals surface area (Å²) >= 11 is 2.06. The van der Waals surface area contributed by atoms with Crippen LogP contribution in [0, 0.1) is 5.41 Å². The lowest BCUT2D eigenvalue weighted by molar-refractivity contribution is -0.160. The average molecular weight is 272 g/mol. The van der Waals surface area contributed by atoms with Crippen LogP contribution in [0.5, 0.6) is 0 Å². The third-order valence-corrected chi connectivity index (χ3v) is 4.54. The van der Waals surface area contributed by atoms with Crippen molar-refractivity contribution >= 4 is 17.7 Å². The van der Waals surface area contributed by atoms with Crippen molar-refractivity contribution in [3.63, 3.8) is 0 Å². The van der Waals surface area contributed by atoms with Crippen LogP contribution in [0.1, 0.15) is 67.2 Å². The van der Waals surface area contributed by atoms with Crippen LogP contribution in [-0.2, 0) is 9.53 Å². The van der Waals surface area contributed by atoms with Gasteiger partial charge in [0, 0.05) is 10.00 Å². The molecular weight excluding hydrogens is 244 g/mol. The van der Waals surface area contributed by atoms with E-state index in [0.29, 0.717) is 4.75 Å². The van der Waals surface area contributed by atoms with Gasteiger partial charge in [0.1, 0.15) is 6.10 Å². The second-order valence-corrected chi connectivity index (χ2v) is 9.41. The van der Waals surface area contributed by atoms with E-state index in [-0.39, 0.29) is 17.5 Å². The number of hydrogen-bond donors (Lipinski definition) is 0. The highest BCUT2D eigenvalue weighted by atomic mass is 32.2. The Kier molecular flexibility index (Phi) is 5.16. The smallest absolute Gasteiger partial charge is 0.311 e. The van der Waals surface area contributed by atoms with Crippen molar-refractivity contribution in [2.24, 2.45) is 5.41 Å². The van der Waals surface area contributed by atoms with Crippen LogP contribution < -0.4 is 0 Å². The fourth-order valence-electron chi connectivity index (χ4n) is 2.10. The molecule has 0 aromatic heterocycles. The predicted molar refractivity (Wildman–Crippen MR) is 78.9 cm³/mol. The second kappa shape index (κ2) is 5.85. The van der Waals surface area contributed by atoms with Gasteiger partial charge in [0.15, 0.2) is 0 Å². The van der Waals surface area contributed by atoms with Crippen LogP contribution in [0.4, 0.5) is 0 Å². The van der Waals surface area contributed by atoms with E-state index in [2.05, 4.69) is 32.5 Å². The van der Waals surface area contributed by atoms with Gasteiger partial charge in [-0.05, 0) is 46.5 Å². The van der Waals surface area contributed by atoms with Gasteiger partial charge in [0.25, 0.3) is 0 Å². The molecule has 0 amide bonds. The molecule has 18 heavy (non-hydrogen) atoms. The zero-order chi connectivity index (χ0) is 14.0. The molecule has 0 aromatic rings. The summed E-state index contributed by atoms with van der Waals surface area (Å²) in [5.41, 5.74) is -0.378. The molecule has 0 aromatic carbocycles. The molecule has 106 valence electrons. The van der Waals surface area contributed by atoms with Gasteiger partial charge in [-0.25, -0.2) is 0 Å². The van der Waals surface area contributed by atoms with E-state index in [1.165, 1.54) is 12.8 Å². The molecule has 1 rings (SSSR count).